The molecule has 0 radical (unpaired) electrons. The number of halogens is 3. The second-order valence-corrected chi connectivity index (χ2v) is 5.98. The second-order valence-electron chi connectivity index (χ2n) is 5.98. The van der Waals surface area contributed by atoms with Crippen molar-refractivity contribution in [3.8, 4) is 0 Å². The van der Waals surface area contributed by atoms with Crippen molar-refractivity contribution in [2.24, 2.45) is 0 Å². The molecule has 1 aliphatic heterocycles. The van der Waals surface area contributed by atoms with Crippen LogP contribution in [0.15, 0.2) is 24.3 Å². The average Bonchev–Trinajstić information content (AvgIpc) is 2.68. The Morgan fingerprint density at radius 3 is 2.61 bits per heavy atom. The van der Waals surface area contributed by atoms with E-state index in [9.17, 15) is 18.0 Å². The van der Waals surface area contributed by atoms with Gasteiger partial charge in [-0.1, -0.05) is 29.8 Å². The Kier molecular flexibility index (Phi) is 5.51. The van der Waals surface area contributed by atoms with Crippen molar-refractivity contribution in [3.05, 3.63) is 35.4 Å². The maximum Gasteiger partial charge on any atom is 0.412 e. The first kappa shape index (κ1) is 17.6. The summed E-state index contributed by atoms with van der Waals surface area (Å²) in [5.74, 6) is 0. The number of nitrogens with zero attached hydrogens (tertiary/aromatic N) is 2. The van der Waals surface area contributed by atoms with E-state index in [1.165, 1.54) is 17.0 Å². The summed E-state index contributed by atoms with van der Waals surface area (Å²) in [7, 11) is 1.94. The van der Waals surface area contributed by atoms with E-state index in [0.717, 1.165) is 18.5 Å². The molecule has 0 unspecified atom stereocenters. The molecule has 0 aromatic heterocycles. The van der Waals surface area contributed by atoms with Gasteiger partial charge in [-0.2, -0.15) is 13.2 Å². The molecule has 7 heteroatoms. The van der Waals surface area contributed by atoms with Gasteiger partial charge in [0, 0.05) is 19.6 Å². The molecule has 1 N–H and O–H groups in total. The van der Waals surface area contributed by atoms with Gasteiger partial charge in [-0.15, -0.1) is 0 Å². The van der Waals surface area contributed by atoms with Crippen LogP contribution in [0.5, 0.6) is 0 Å². The maximum absolute atomic E-state index is 13.4. The van der Waals surface area contributed by atoms with Gasteiger partial charge in [0.15, 0.2) is 6.04 Å². The lowest BCUT2D eigenvalue weighted by atomic mass is 10.0. The van der Waals surface area contributed by atoms with Crippen molar-refractivity contribution in [1.82, 2.24) is 15.1 Å². The molecule has 2 amide bonds. The fourth-order valence-electron chi connectivity index (χ4n) is 2.67. The van der Waals surface area contributed by atoms with Crippen molar-refractivity contribution in [2.45, 2.75) is 25.6 Å². The van der Waals surface area contributed by atoms with Gasteiger partial charge in [0.1, 0.15) is 0 Å². The molecule has 4 nitrogen and oxygen atoms in total. The van der Waals surface area contributed by atoms with Crippen LogP contribution in [-0.2, 0) is 0 Å². The van der Waals surface area contributed by atoms with Crippen LogP contribution in [0.3, 0.4) is 0 Å². The van der Waals surface area contributed by atoms with Crippen LogP contribution in [-0.4, -0.2) is 55.2 Å². The number of nitrogens with one attached hydrogen (secondary N) is 1. The van der Waals surface area contributed by atoms with Gasteiger partial charge >= 0.3 is 12.2 Å². The summed E-state index contributed by atoms with van der Waals surface area (Å²) < 4.78 is 40.1. The molecule has 0 aliphatic carbocycles. The zero-order chi connectivity index (χ0) is 17.0. The van der Waals surface area contributed by atoms with Crippen LogP contribution in [0.2, 0.25) is 0 Å². The summed E-state index contributed by atoms with van der Waals surface area (Å²) in [5, 5.41) is 2.16. The average molecular weight is 329 g/mol. The smallest absolute Gasteiger partial charge is 0.323 e. The highest BCUT2D eigenvalue weighted by atomic mass is 19.4. The van der Waals surface area contributed by atoms with Crippen molar-refractivity contribution < 1.29 is 18.0 Å². The van der Waals surface area contributed by atoms with Crippen LogP contribution in [0.1, 0.15) is 23.6 Å². The molecule has 128 valence electrons. The Morgan fingerprint density at radius 2 is 1.96 bits per heavy atom. The monoisotopic (exact) mass is 329 g/mol. The Hall–Kier alpha value is -1.76. The first-order valence-corrected chi connectivity index (χ1v) is 7.64. The number of aryl methyl sites for hydroxylation is 1. The fraction of sp³-hybridized carbons (Fsp3) is 0.562. The quantitative estimate of drug-likeness (QED) is 0.905. The van der Waals surface area contributed by atoms with Gasteiger partial charge in [0.25, 0.3) is 0 Å². The largest absolute Gasteiger partial charge is 0.412 e. The molecule has 1 aliphatic rings. The minimum Gasteiger partial charge on any atom is -0.323 e. The molecule has 1 atom stereocenters. The van der Waals surface area contributed by atoms with E-state index in [0.29, 0.717) is 19.6 Å². The van der Waals surface area contributed by atoms with Gasteiger partial charge < -0.3 is 15.1 Å². The Balaban J connectivity index is 2.13. The Bertz CT molecular complexity index is 548. The highest BCUT2D eigenvalue weighted by Crippen LogP contribution is 2.33. The summed E-state index contributed by atoms with van der Waals surface area (Å²) in [5.41, 5.74) is 0.778. The number of urea groups is 1. The number of alkyl halides is 3. The predicted molar refractivity (Wildman–Crippen MR) is 82.2 cm³/mol. The van der Waals surface area contributed by atoms with Gasteiger partial charge in [-0.05, 0) is 32.5 Å². The molecule has 0 bridgehead atoms. The number of carbonyl (C=O) groups is 1. The lowest BCUT2D eigenvalue weighted by molar-refractivity contribution is -0.155. The van der Waals surface area contributed by atoms with Crippen LogP contribution in [0, 0.1) is 6.92 Å². The van der Waals surface area contributed by atoms with Gasteiger partial charge in [-0.3, -0.25) is 0 Å². The minimum absolute atomic E-state index is 0.0535. The Labute approximate surface area is 134 Å². The fourth-order valence-corrected chi connectivity index (χ4v) is 2.67. The SMILES string of the molecule is Cc1cccc([C@H](NC(=O)N2CCCN(C)CC2)C(F)(F)F)c1. The van der Waals surface area contributed by atoms with Gasteiger partial charge in [0.05, 0.1) is 0 Å². The molecule has 1 aromatic carbocycles. The normalized spacial score (nSPS) is 18.4. The molecule has 1 fully saturated rings. The summed E-state index contributed by atoms with van der Waals surface area (Å²) >= 11 is 0. The van der Waals surface area contributed by atoms with E-state index in [-0.39, 0.29) is 5.56 Å². The predicted octanol–water partition coefficient (Wildman–Crippen LogP) is 2.95. The lowest BCUT2D eigenvalue weighted by Gasteiger charge is -2.27. The van der Waals surface area contributed by atoms with E-state index in [1.807, 2.05) is 7.05 Å². The van der Waals surface area contributed by atoms with Crippen LogP contribution in [0.25, 0.3) is 0 Å². The number of hydrogen-bond donors (Lipinski definition) is 1. The molecule has 1 aromatic rings. The number of rotatable bonds is 2. The molecular weight excluding hydrogens is 307 g/mol. The zero-order valence-corrected chi connectivity index (χ0v) is 13.4. The summed E-state index contributed by atoms with van der Waals surface area (Å²) in [6.07, 6.45) is -3.78. The van der Waals surface area contributed by atoms with E-state index in [2.05, 4.69) is 10.2 Å². The van der Waals surface area contributed by atoms with Crippen molar-refractivity contribution in [2.75, 3.05) is 33.2 Å². The van der Waals surface area contributed by atoms with Gasteiger partial charge in [-0.25, -0.2) is 4.79 Å². The topological polar surface area (TPSA) is 35.6 Å². The highest BCUT2D eigenvalue weighted by molar-refractivity contribution is 5.75. The first-order valence-electron chi connectivity index (χ1n) is 7.64. The van der Waals surface area contributed by atoms with Crippen LogP contribution in [0.4, 0.5) is 18.0 Å². The summed E-state index contributed by atoms with van der Waals surface area (Å²) in [6, 6.07) is 3.48. The van der Waals surface area contributed by atoms with E-state index in [1.54, 1.807) is 19.1 Å². The molecule has 0 spiro atoms. The van der Waals surface area contributed by atoms with Crippen molar-refractivity contribution in [1.29, 1.82) is 0 Å². The van der Waals surface area contributed by atoms with Gasteiger partial charge in [0.2, 0.25) is 0 Å². The van der Waals surface area contributed by atoms with Crippen LogP contribution < -0.4 is 5.32 Å². The van der Waals surface area contributed by atoms with E-state index in [4.69, 9.17) is 0 Å². The third-order valence-electron chi connectivity index (χ3n) is 3.98. The standard InChI is InChI=1S/C16H22F3N3O/c1-12-5-3-6-13(11-12)14(16(17,18)19)20-15(23)22-8-4-7-21(2)9-10-22/h3,5-6,11,14H,4,7-10H2,1-2H3,(H,20,23)/t14-/m0/s1. The number of likely N-dealkylation sites (N-methyl/N-ethyl adjacent to an activating group) is 1. The number of amides is 2. The molecule has 0 saturated carbocycles. The van der Waals surface area contributed by atoms with E-state index >= 15 is 0 Å². The lowest BCUT2D eigenvalue weighted by Crippen LogP contribution is -2.46. The van der Waals surface area contributed by atoms with Crippen LogP contribution >= 0.6 is 0 Å². The highest BCUT2D eigenvalue weighted by Gasteiger charge is 2.42. The first-order chi connectivity index (χ1) is 10.8. The molecule has 1 saturated heterocycles. The van der Waals surface area contributed by atoms with Crippen molar-refractivity contribution >= 4 is 6.03 Å². The number of hydrogen-bond acceptors (Lipinski definition) is 2. The summed E-state index contributed by atoms with van der Waals surface area (Å²) in [4.78, 5) is 15.8. The molecular formula is C16H22F3N3O. The maximum atomic E-state index is 13.4. The Morgan fingerprint density at radius 1 is 1.22 bits per heavy atom. The second kappa shape index (κ2) is 7.21. The third-order valence-corrected chi connectivity index (χ3v) is 3.98. The third kappa shape index (κ3) is 4.86. The summed E-state index contributed by atoms with van der Waals surface area (Å²) in [6.45, 7) is 4.12. The molecule has 1 heterocycles. The minimum atomic E-state index is -4.54. The molecule has 2 rings (SSSR count). The number of benzene rings is 1. The zero-order valence-electron chi connectivity index (χ0n) is 13.4. The van der Waals surface area contributed by atoms with E-state index < -0.39 is 18.2 Å². The van der Waals surface area contributed by atoms with Crippen molar-refractivity contribution in [3.63, 3.8) is 0 Å². The molecule has 23 heavy (non-hydrogen) atoms. The number of carbonyl (C=O) groups excluding carboxylic acids is 1.